The molecule has 0 aromatic rings. The van der Waals surface area contributed by atoms with Crippen LogP contribution in [0.5, 0.6) is 0 Å². The van der Waals surface area contributed by atoms with Crippen molar-refractivity contribution in [2.24, 2.45) is 5.92 Å². The van der Waals surface area contributed by atoms with Crippen molar-refractivity contribution in [3.8, 4) is 0 Å². The molecule has 2 unspecified atom stereocenters. The predicted molar refractivity (Wildman–Crippen MR) is 53.5 cm³/mol. The molecule has 0 bridgehead atoms. The fourth-order valence-corrected chi connectivity index (χ4v) is 2.02. The lowest BCUT2D eigenvalue weighted by atomic mass is 9.94. The van der Waals surface area contributed by atoms with Crippen LogP contribution in [0.4, 0.5) is 0 Å². The first-order valence-corrected chi connectivity index (χ1v) is 5.14. The van der Waals surface area contributed by atoms with Crippen molar-refractivity contribution in [3.63, 3.8) is 0 Å². The number of amides is 1. The van der Waals surface area contributed by atoms with Gasteiger partial charge in [-0.15, -0.1) is 0 Å². The minimum Gasteiger partial charge on any atom is -0.342 e. The highest BCUT2D eigenvalue weighted by molar-refractivity contribution is 5.75. The molecule has 3 heteroatoms. The summed E-state index contributed by atoms with van der Waals surface area (Å²) >= 11 is 0. The van der Waals surface area contributed by atoms with E-state index in [2.05, 4.69) is 12.2 Å². The second-order valence-corrected chi connectivity index (χ2v) is 3.85. The van der Waals surface area contributed by atoms with Crippen molar-refractivity contribution in [2.75, 3.05) is 20.1 Å². The number of nitrogens with zero attached hydrogens (tertiary/aromatic N) is 1. The number of nitrogens with one attached hydrogen (secondary N) is 1. The van der Waals surface area contributed by atoms with E-state index < -0.39 is 0 Å². The molecule has 1 heterocycles. The number of piperidine rings is 1. The largest absolute Gasteiger partial charge is 0.342 e. The highest BCUT2D eigenvalue weighted by Crippen LogP contribution is 2.16. The number of hydrogen-bond acceptors (Lipinski definition) is 2. The molecular formula is C10H20N2O. The van der Waals surface area contributed by atoms with Gasteiger partial charge in [-0.1, -0.05) is 13.8 Å². The topological polar surface area (TPSA) is 32.3 Å². The maximum absolute atomic E-state index is 11.4. The van der Waals surface area contributed by atoms with E-state index in [-0.39, 0.29) is 0 Å². The smallest absolute Gasteiger partial charge is 0.222 e. The van der Waals surface area contributed by atoms with Crippen LogP contribution in [-0.4, -0.2) is 37.0 Å². The lowest BCUT2D eigenvalue weighted by Gasteiger charge is -2.36. The first-order chi connectivity index (χ1) is 6.19. The summed E-state index contributed by atoms with van der Waals surface area (Å²) in [4.78, 5) is 13.4. The number of carbonyl (C=O) groups is 1. The van der Waals surface area contributed by atoms with E-state index >= 15 is 0 Å². The Bertz CT molecular complexity index is 182. The molecule has 1 aliphatic heterocycles. The van der Waals surface area contributed by atoms with Crippen LogP contribution in [0.1, 0.15) is 26.7 Å². The maximum Gasteiger partial charge on any atom is 0.222 e. The second kappa shape index (κ2) is 4.61. The second-order valence-electron chi connectivity index (χ2n) is 3.85. The van der Waals surface area contributed by atoms with Crippen LogP contribution in [0, 0.1) is 5.92 Å². The molecule has 2 atom stereocenters. The molecule has 76 valence electrons. The Morgan fingerprint density at radius 2 is 2.31 bits per heavy atom. The summed E-state index contributed by atoms with van der Waals surface area (Å²) in [5, 5.41) is 3.29. The molecule has 0 aliphatic carbocycles. The summed E-state index contributed by atoms with van der Waals surface area (Å²) in [5.41, 5.74) is 0. The first-order valence-electron chi connectivity index (χ1n) is 5.14. The third kappa shape index (κ3) is 2.44. The Balaban J connectivity index is 2.45. The van der Waals surface area contributed by atoms with Crippen LogP contribution in [0.3, 0.4) is 0 Å². The standard InChI is InChI=1S/C10H20N2O/c1-4-10(13)12-6-5-9(11-3)8(2)7-12/h8-9,11H,4-7H2,1-3H3. The molecular weight excluding hydrogens is 164 g/mol. The molecule has 0 saturated carbocycles. The quantitative estimate of drug-likeness (QED) is 0.690. The van der Waals surface area contributed by atoms with Gasteiger partial charge in [-0.25, -0.2) is 0 Å². The lowest BCUT2D eigenvalue weighted by molar-refractivity contribution is -0.132. The molecule has 0 spiro atoms. The highest BCUT2D eigenvalue weighted by Gasteiger charge is 2.26. The van der Waals surface area contributed by atoms with Gasteiger partial charge in [-0.05, 0) is 19.4 Å². The van der Waals surface area contributed by atoms with E-state index in [1.807, 2.05) is 18.9 Å². The number of rotatable bonds is 2. The van der Waals surface area contributed by atoms with Crippen LogP contribution >= 0.6 is 0 Å². The Kier molecular flexibility index (Phi) is 3.72. The summed E-state index contributed by atoms with van der Waals surface area (Å²) in [6.07, 6.45) is 1.72. The van der Waals surface area contributed by atoms with Gasteiger partial charge in [0.1, 0.15) is 0 Å². The Labute approximate surface area is 80.5 Å². The molecule has 0 aromatic heterocycles. The average molecular weight is 184 g/mol. The fourth-order valence-electron chi connectivity index (χ4n) is 2.02. The summed E-state index contributed by atoms with van der Waals surface area (Å²) in [6, 6.07) is 0.584. The zero-order valence-corrected chi connectivity index (χ0v) is 8.84. The van der Waals surface area contributed by atoms with Gasteiger partial charge in [0.25, 0.3) is 0 Å². The van der Waals surface area contributed by atoms with Gasteiger partial charge in [0.15, 0.2) is 0 Å². The van der Waals surface area contributed by atoms with Gasteiger partial charge < -0.3 is 10.2 Å². The number of hydrogen-bond donors (Lipinski definition) is 1. The molecule has 13 heavy (non-hydrogen) atoms. The molecule has 0 aromatic carbocycles. The van der Waals surface area contributed by atoms with Crippen molar-refractivity contribution in [3.05, 3.63) is 0 Å². The van der Waals surface area contributed by atoms with Gasteiger partial charge >= 0.3 is 0 Å². The van der Waals surface area contributed by atoms with Crippen molar-refractivity contribution in [2.45, 2.75) is 32.7 Å². The Morgan fingerprint density at radius 1 is 1.62 bits per heavy atom. The molecule has 1 amide bonds. The van der Waals surface area contributed by atoms with Gasteiger partial charge in [-0.3, -0.25) is 4.79 Å². The van der Waals surface area contributed by atoms with Crippen molar-refractivity contribution in [1.29, 1.82) is 0 Å². The summed E-state index contributed by atoms with van der Waals surface area (Å²) in [7, 11) is 2.00. The van der Waals surface area contributed by atoms with Crippen LogP contribution < -0.4 is 5.32 Å². The summed E-state index contributed by atoms with van der Waals surface area (Å²) in [6.45, 7) is 5.97. The number of carbonyl (C=O) groups excluding carboxylic acids is 1. The maximum atomic E-state index is 11.4. The van der Waals surface area contributed by atoms with Crippen molar-refractivity contribution >= 4 is 5.91 Å². The van der Waals surface area contributed by atoms with E-state index in [1.165, 1.54) is 0 Å². The van der Waals surface area contributed by atoms with E-state index in [1.54, 1.807) is 0 Å². The summed E-state index contributed by atoms with van der Waals surface area (Å²) < 4.78 is 0. The lowest BCUT2D eigenvalue weighted by Crippen LogP contribution is -2.49. The van der Waals surface area contributed by atoms with Crippen LogP contribution in [-0.2, 0) is 4.79 Å². The Hall–Kier alpha value is -0.570. The summed E-state index contributed by atoms with van der Waals surface area (Å²) in [5.74, 6) is 0.871. The van der Waals surface area contributed by atoms with E-state index in [4.69, 9.17) is 0 Å². The predicted octanol–water partition coefficient (Wildman–Crippen LogP) is 0.853. The van der Waals surface area contributed by atoms with Crippen LogP contribution in [0.2, 0.25) is 0 Å². The van der Waals surface area contributed by atoms with Gasteiger partial charge in [-0.2, -0.15) is 0 Å². The van der Waals surface area contributed by atoms with Gasteiger partial charge in [0.2, 0.25) is 5.91 Å². The molecule has 1 saturated heterocycles. The molecule has 0 radical (unpaired) electrons. The molecule has 1 aliphatic rings. The zero-order chi connectivity index (χ0) is 9.84. The Morgan fingerprint density at radius 3 is 2.77 bits per heavy atom. The average Bonchev–Trinajstić information content (AvgIpc) is 2.16. The fraction of sp³-hybridized carbons (Fsp3) is 0.900. The van der Waals surface area contributed by atoms with Gasteiger partial charge in [0, 0.05) is 25.6 Å². The molecule has 1 N–H and O–H groups in total. The third-order valence-electron chi connectivity index (χ3n) is 2.93. The monoisotopic (exact) mass is 184 g/mol. The minimum absolute atomic E-state index is 0.293. The third-order valence-corrected chi connectivity index (χ3v) is 2.93. The first kappa shape index (κ1) is 10.5. The van der Waals surface area contributed by atoms with Crippen LogP contribution in [0.25, 0.3) is 0 Å². The van der Waals surface area contributed by atoms with Crippen molar-refractivity contribution in [1.82, 2.24) is 10.2 Å². The number of likely N-dealkylation sites (tertiary alicyclic amines) is 1. The minimum atomic E-state index is 0.293. The zero-order valence-electron chi connectivity index (χ0n) is 8.84. The molecule has 3 nitrogen and oxygen atoms in total. The highest BCUT2D eigenvalue weighted by atomic mass is 16.2. The van der Waals surface area contributed by atoms with Crippen LogP contribution in [0.15, 0.2) is 0 Å². The van der Waals surface area contributed by atoms with E-state index in [9.17, 15) is 4.79 Å². The van der Waals surface area contributed by atoms with E-state index in [0.29, 0.717) is 24.3 Å². The molecule has 1 fully saturated rings. The SMILES string of the molecule is CCC(=O)N1CCC(NC)C(C)C1. The van der Waals surface area contributed by atoms with E-state index in [0.717, 1.165) is 19.5 Å². The molecule has 1 rings (SSSR count). The normalized spacial score (nSPS) is 29.0. The van der Waals surface area contributed by atoms with Gasteiger partial charge in [0.05, 0.1) is 0 Å². The van der Waals surface area contributed by atoms with Crippen molar-refractivity contribution < 1.29 is 4.79 Å².